The molecule has 2 aliphatic rings. The minimum atomic E-state index is -4.66. The smallest absolute Gasteiger partial charge is 0.358 e. The van der Waals surface area contributed by atoms with Crippen LogP contribution in [-0.2, 0) is 22.8 Å². The predicted octanol–water partition coefficient (Wildman–Crippen LogP) is 2.35. The fraction of sp³-hybridized carbons (Fsp3) is 0.706. The number of aromatic nitrogens is 2. The second-order valence-corrected chi connectivity index (χ2v) is 7.93. The topological polar surface area (TPSA) is 93.9 Å². The number of carbonyl (C=O) groups is 1. The van der Waals surface area contributed by atoms with Crippen LogP contribution in [0, 0.1) is 28.6 Å². The second kappa shape index (κ2) is 6.06. The molecular formula is C17H21F3N4O2. The summed E-state index contributed by atoms with van der Waals surface area (Å²) in [6.07, 6.45) is -4.52. The van der Waals surface area contributed by atoms with Crippen LogP contribution in [0.3, 0.4) is 0 Å². The third-order valence-corrected chi connectivity index (χ3v) is 5.38. The molecule has 1 saturated heterocycles. The lowest BCUT2D eigenvalue weighted by molar-refractivity contribution is -0.166. The summed E-state index contributed by atoms with van der Waals surface area (Å²) in [4.78, 5) is 12.8. The van der Waals surface area contributed by atoms with Gasteiger partial charge in [0.1, 0.15) is 17.7 Å². The quantitative estimate of drug-likeness (QED) is 0.819. The second-order valence-electron chi connectivity index (χ2n) is 7.93. The van der Waals surface area contributed by atoms with Gasteiger partial charge in [0, 0.05) is 24.9 Å². The molecule has 1 aliphatic heterocycles. The zero-order valence-corrected chi connectivity index (χ0v) is 14.7. The van der Waals surface area contributed by atoms with Crippen molar-refractivity contribution in [1.29, 1.82) is 5.26 Å². The summed E-state index contributed by atoms with van der Waals surface area (Å²) in [7, 11) is 1.19. The minimum absolute atomic E-state index is 0.159. The number of hydrogen-bond acceptors (Lipinski definition) is 5. The molecule has 26 heavy (non-hydrogen) atoms. The van der Waals surface area contributed by atoms with Gasteiger partial charge in [-0.2, -0.15) is 23.5 Å². The number of nitrogens with zero attached hydrogens (tertiary/aromatic N) is 3. The Labute approximate surface area is 149 Å². The van der Waals surface area contributed by atoms with E-state index in [0.29, 0.717) is 6.42 Å². The van der Waals surface area contributed by atoms with E-state index in [1.54, 1.807) is 0 Å². The molecule has 2 heterocycles. The summed E-state index contributed by atoms with van der Waals surface area (Å²) in [5.74, 6) is -3.09. The van der Waals surface area contributed by atoms with E-state index in [9.17, 15) is 23.2 Å². The van der Waals surface area contributed by atoms with Gasteiger partial charge in [-0.15, -0.1) is 0 Å². The number of hydrogen-bond donors (Lipinski definition) is 1. The first-order valence-electron chi connectivity index (χ1n) is 8.39. The summed E-state index contributed by atoms with van der Waals surface area (Å²) in [5.41, 5.74) is 4.52. The maximum Gasteiger partial charge on any atom is 0.433 e. The SMILES string of the molecule is Cn1ncc([C@@H]2[C@H](C#N)[C@H](N)O[C@@H]3CC(C)(C)CC(=O)[C@@H]23)c1C(F)(F)F. The van der Waals surface area contributed by atoms with Gasteiger partial charge in [0.05, 0.1) is 30.2 Å². The van der Waals surface area contributed by atoms with Crippen molar-refractivity contribution >= 4 is 5.78 Å². The van der Waals surface area contributed by atoms with E-state index in [4.69, 9.17) is 10.5 Å². The van der Waals surface area contributed by atoms with Crippen molar-refractivity contribution in [2.45, 2.75) is 51.1 Å². The van der Waals surface area contributed by atoms with E-state index < -0.39 is 42.0 Å². The largest absolute Gasteiger partial charge is 0.433 e. The first-order valence-corrected chi connectivity index (χ1v) is 8.39. The highest BCUT2D eigenvalue weighted by Crippen LogP contribution is 2.51. The Morgan fingerprint density at radius 3 is 2.65 bits per heavy atom. The molecule has 0 spiro atoms. The molecule has 0 bridgehead atoms. The van der Waals surface area contributed by atoms with Crippen LogP contribution >= 0.6 is 0 Å². The van der Waals surface area contributed by atoms with E-state index >= 15 is 0 Å². The van der Waals surface area contributed by atoms with Gasteiger partial charge in [-0.05, 0) is 11.8 Å². The Bertz CT molecular complexity index is 765. The average Bonchev–Trinajstić information content (AvgIpc) is 2.85. The maximum atomic E-state index is 13.6. The highest BCUT2D eigenvalue weighted by atomic mass is 19.4. The number of fused-ring (bicyclic) bond motifs is 1. The van der Waals surface area contributed by atoms with Crippen LogP contribution in [0.15, 0.2) is 6.20 Å². The van der Waals surface area contributed by atoms with Crippen LogP contribution < -0.4 is 5.73 Å². The number of carbonyl (C=O) groups excluding carboxylic acids is 1. The number of ether oxygens (including phenoxy) is 1. The van der Waals surface area contributed by atoms with E-state index in [1.165, 1.54) is 7.05 Å². The number of halogens is 3. The lowest BCUT2D eigenvalue weighted by atomic mass is 9.61. The van der Waals surface area contributed by atoms with Crippen molar-refractivity contribution in [3.63, 3.8) is 0 Å². The number of rotatable bonds is 1. The molecule has 3 rings (SSSR count). The first kappa shape index (κ1) is 18.9. The van der Waals surface area contributed by atoms with Crippen LogP contribution in [0.5, 0.6) is 0 Å². The Morgan fingerprint density at radius 2 is 2.08 bits per heavy atom. The molecule has 0 aromatic carbocycles. The van der Waals surface area contributed by atoms with Crippen molar-refractivity contribution in [1.82, 2.24) is 9.78 Å². The number of nitrogens with two attached hydrogens (primary N) is 1. The molecule has 142 valence electrons. The van der Waals surface area contributed by atoms with Crippen LogP contribution in [0.4, 0.5) is 13.2 Å². The van der Waals surface area contributed by atoms with Gasteiger partial charge in [0.15, 0.2) is 0 Å². The Hall–Kier alpha value is -1.92. The van der Waals surface area contributed by atoms with Gasteiger partial charge < -0.3 is 10.5 Å². The van der Waals surface area contributed by atoms with Crippen molar-refractivity contribution in [2.75, 3.05) is 0 Å². The standard InChI is InChI=1S/C17H21F3N4O2/c1-16(2)4-10(25)13-11(5-16)26-15(22)8(6-21)12(13)9-7-23-24(3)14(9)17(18,19)20/h7-8,11-13,15H,4-5,22H2,1-3H3/t8-,11+,12-,13+,15+/m0/s1. The van der Waals surface area contributed by atoms with Crippen molar-refractivity contribution in [3.8, 4) is 6.07 Å². The van der Waals surface area contributed by atoms with Crippen molar-refractivity contribution in [2.24, 2.45) is 30.0 Å². The highest BCUT2D eigenvalue weighted by Gasteiger charge is 2.55. The fourth-order valence-electron chi connectivity index (χ4n) is 4.41. The number of nitriles is 1. The lowest BCUT2D eigenvalue weighted by Gasteiger charge is -2.49. The van der Waals surface area contributed by atoms with Gasteiger partial charge in [-0.1, -0.05) is 13.8 Å². The molecule has 6 nitrogen and oxygen atoms in total. The molecule has 0 radical (unpaired) electrons. The molecule has 0 unspecified atom stereocenters. The number of alkyl halides is 3. The fourth-order valence-corrected chi connectivity index (χ4v) is 4.41. The molecule has 1 saturated carbocycles. The molecule has 5 atom stereocenters. The summed E-state index contributed by atoms with van der Waals surface area (Å²) >= 11 is 0. The van der Waals surface area contributed by atoms with Crippen LogP contribution in [0.25, 0.3) is 0 Å². The molecule has 0 amide bonds. The van der Waals surface area contributed by atoms with Gasteiger partial charge in [-0.3, -0.25) is 9.48 Å². The summed E-state index contributed by atoms with van der Waals surface area (Å²) < 4.78 is 47.2. The molecular weight excluding hydrogens is 349 g/mol. The third-order valence-electron chi connectivity index (χ3n) is 5.38. The molecule has 1 aromatic heterocycles. The highest BCUT2D eigenvalue weighted by molar-refractivity contribution is 5.84. The average molecular weight is 370 g/mol. The van der Waals surface area contributed by atoms with E-state index in [1.807, 2.05) is 19.9 Å². The monoisotopic (exact) mass is 370 g/mol. The summed E-state index contributed by atoms with van der Waals surface area (Å²) in [5, 5.41) is 13.3. The Kier molecular flexibility index (Phi) is 4.40. The number of Topliss-reactive ketones (excluding diaryl/α,β-unsaturated/α-hetero) is 1. The van der Waals surface area contributed by atoms with Gasteiger partial charge >= 0.3 is 6.18 Å². The molecule has 2 fully saturated rings. The van der Waals surface area contributed by atoms with E-state index in [2.05, 4.69) is 5.10 Å². The molecule has 1 aliphatic carbocycles. The van der Waals surface area contributed by atoms with Gasteiger partial charge in [-0.25, -0.2) is 0 Å². The molecule has 9 heteroatoms. The third kappa shape index (κ3) is 3.01. The van der Waals surface area contributed by atoms with Crippen LogP contribution in [0.1, 0.15) is 43.9 Å². The molecule has 2 N–H and O–H groups in total. The number of aryl methyl sites for hydroxylation is 1. The van der Waals surface area contributed by atoms with Gasteiger partial charge in [0.25, 0.3) is 0 Å². The van der Waals surface area contributed by atoms with Crippen molar-refractivity contribution < 1.29 is 22.7 Å². The zero-order valence-electron chi connectivity index (χ0n) is 14.7. The van der Waals surface area contributed by atoms with Crippen molar-refractivity contribution in [3.05, 3.63) is 17.5 Å². The number of ketones is 1. The van der Waals surface area contributed by atoms with E-state index in [-0.39, 0.29) is 23.2 Å². The first-order chi connectivity index (χ1) is 12.0. The summed E-state index contributed by atoms with van der Waals surface area (Å²) in [6.45, 7) is 3.82. The lowest BCUT2D eigenvalue weighted by Crippen LogP contribution is -2.56. The molecule has 1 aromatic rings. The maximum absolute atomic E-state index is 13.6. The summed E-state index contributed by atoms with van der Waals surface area (Å²) in [6, 6.07) is 1.96. The zero-order chi connectivity index (χ0) is 19.4. The normalized spacial score (nSPS) is 34.2. The van der Waals surface area contributed by atoms with Crippen LogP contribution in [0.2, 0.25) is 0 Å². The van der Waals surface area contributed by atoms with Gasteiger partial charge in [0.2, 0.25) is 0 Å². The van der Waals surface area contributed by atoms with E-state index in [0.717, 1.165) is 10.9 Å². The Balaban J connectivity index is 2.14. The minimum Gasteiger partial charge on any atom is -0.358 e. The van der Waals surface area contributed by atoms with Crippen LogP contribution in [-0.4, -0.2) is 27.9 Å². The predicted molar refractivity (Wildman–Crippen MR) is 84.4 cm³/mol. The Morgan fingerprint density at radius 1 is 1.42 bits per heavy atom.